The van der Waals surface area contributed by atoms with E-state index in [1.54, 1.807) is 0 Å². The van der Waals surface area contributed by atoms with Crippen molar-refractivity contribution in [1.29, 1.82) is 0 Å². The average molecular weight is 137 g/mol. The fraction of sp³-hybridized carbons (Fsp3) is 0.250. The number of hydrogen-bond acceptors (Lipinski definition) is 1. The highest BCUT2D eigenvalue weighted by Gasteiger charge is 1.82. The fourth-order valence-corrected chi connectivity index (χ4v) is 1.30. The molecule has 1 aromatic rings. The van der Waals surface area contributed by atoms with Crippen LogP contribution in [0.2, 0.25) is 0 Å². The molecule has 9 heavy (non-hydrogen) atoms. The predicted molar refractivity (Wildman–Crippen MR) is 41.5 cm³/mol. The maximum Gasteiger partial charge on any atom is -0.0398 e. The molecule has 0 nitrogen and oxygen atoms in total. The summed E-state index contributed by atoms with van der Waals surface area (Å²) < 4.78 is 0. The van der Waals surface area contributed by atoms with Crippen molar-refractivity contribution in [2.24, 2.45) is 0 Å². The highest BCUT2D eigenvalue weighted by Crippen LogP contribution is 2.06. The third-order valence-corrected chi connectivity index (χ3v) is 1.43. The molecule has 0 N–H and O–H groups in total. The van der Waals surface area contributed by atoms with E-state index in [-0.39, 0.29) is 0 Å². The molecule has 0 amide bonds. The van der Waals surface area contributed by atoms with Crippen LogP contribution in [0.15, 0.2) is 23.1 Å². The molecule has 0 bridgehead atoms. The lowest BCUT2D eigenvalue weighted by molar-refractivity contribution is 1.30. The van der Waals surface area contributed by atoms with Crippen LogP contribution in [-0.4, -0.2) is 0 Å². The topological polar surface area (TPSA) is 0 Å². The van der Waals surface area contributed by atoms with Gasteiger partial charge in [0.15, 0.2) is 0 Å². The van der Waals surface area contributed by atoms with E-state index in [1.807, 2.05) is 12.1 Å². The first-order chi connectivity index (χ1) is 4.18. The summed E-state index contributed by atoms with van der Waals surface area (Å²) in [5.41, 5.74) is 2.50. The third-order valence-electron chi connectivity index (χ3n) is 1.20. The zero-order valence-electron chi connectivity index (χ0n) is 5.64. The molecule has 0 aromatic heterocycles. The van der Waals surface area contributed by atoms with Crippen LogP contribution in [0.1, 0.15) is 11.1 Å². The molecule has 0 heterocycles. The van der Waals surface area contributed by atoms with E-state index < -0.39 is 0 Å². The minimum absolute atomic E-state index is 0.938. The van der Waals surface area contributed by atoms with Crippen LogP contribution in [-0.2, 0) is 12.6 Å². The molecule has 0 atom stereocenters. The quantitative estimate of drug-likeness (QED) is 0.494. The van der Waals surface area contributed by atoms with E-state index in [1.165, 1.54) is 11.1 Å². The van der Waals surface area contributed by atoms with Gasteiger partial charge in [-0.15, -0.1) is 0 Å². The Morgan fingerprint density at radius 1 is 1.00 bits per heavy atom. The summed E-state index contributed by atoms with van der Waals surface area (Å²) in [4.78, 5) is 0.938. The molecule has 0 aliphatic carbocycles. The van der Waals surface area contributed by atoms with E-state index >= 15 is 0 Å². The summed E-state index contributed by atoms with van der Waals surface area (Å²) in [5.74, 6) is 0. The zero-order chi connectivity index (χ0) is 6.85. The van der Waals surface area contributed by atoms with Crippen molar-refractivity contribution in [2.75, 3.05) is 0 Å². The standard InChI is InChI=1S/C8H10S/c1-6-3-7(2)5-8(9)4-6/h3-5,9H,1-2H3/p-1. The molecule has 1 heteroatoms. The first kappa shape index (κ1) is 6.56. The predicted octanol–water partition coefficient (Wildman–Crippen LogP) is 2.21. The summed E-state index contributed by atoms with van der Waals surface area (Å²) in [6.07, 6.45) is 0. The van der Waals surface area contributed by atoms with Gasteiger partial charge in [0.25, 0.3) is 0 Å². The Morgan fingerprint density at radius 3 is 1.78 bits per heavy atom. The first-order valence-electron chi connectivity index (χ1n) is 2.94. The Kier molecular flexibility index (Phi) is 1.72. The van der Waals surface area contributed by atoms with Crippen LogP contribution in [0.5, 0.6) is 0 Å². The van der Waals surface area contributed by atoms with Crippen molar-refractivity contribution in [3.05, 3.63) is 29.3 Å². The van der Waals surface area contributed by atoms with Crippen LogP contribution < -0.4 is 0 Å². The summed E-state index contributed by atoms with van der Waals surface area (Å²) in [5, 5.41) is 0. The maximum atomic E-state index is 4.99. The second-order valence-corrected chi connectivity index (χ2v) is 2.79. The summed E-state index contributed by atoms with van der Waals surface area (Å²) in [6, 6.07) is 6.13. The van der Waals surface area contributed by atoms with E-state index in [0.29, 0.717) is 0 Å². The van der Waals surface area contributed by atoms with Gasteiger partial charge in [-0.3, -0.25) is 0 Å². The average Bonchev–Trinajstić information content (AvgIpc) is 1.59. The third kappa shape index (κ3) is 1.68. The van der Waals surface area contributed by atoms with Gasteiger partial charge in [-0.1, -0.05) is 29.3 Å². The van der Waals surface area contributed by atoms with E-state index in [0.717, 1.165) is 4.90 Å². The normalized spacial score (nSPS) is 9.56. The Bertz CT molecular complexity index is 165. The van der Waals surface area contributed by atoms with Gasteiger partial charge in [0.2, 0.25) is 0 Å². The molecular weight excluding hydrogens is 128 g/mol. The molecule has 48 valence electrons. The van der Waals surface area contributed by atoms with Crippen LogP contribution in [0.4, 0.5) is 0 Å². The maximum absolute atomic E-state index is 4.99. The molecule has 0 spiro atoms. The molecule has 0 fully saturated rings. The number of aryl methyl sites for hydroxylation is 2. The van der Waals surface area contributed by atoms with Crippen molar-refractivity contribution in [1.82, 2.24) is 0 Å². The van der Waals surface area contributed by atoms with Crippen molar-refractivity contribution in [3.8, 4) is 0 Å². The molecule has 0 radical (unpaired) electrons. The lowest BCUT2D eigenvalue weighted by Crippen LogP contribution is -1.77. The first-order valence-corrected chi connectivity index (χ1v) is 3.34. The minimum atomic E-state index is 0.938. The molecule has 0 unspecified atom stereocenters. The molecule has 0 saturated heterocycles. The lowest BCUT2D eigenvalue weighted by atomic mass is 10.2. The molecule has 0 aliphatic heterocycles. The Hall–Kier alpha value is -0.560. The smallest absolute Gasteiger partial charge is 0.0398 e. The molecule has 1 aromatic carbocycles. The second kappa shape index (κ2) is 2.36. The Balaban J connectivity index is 3.17. The number of benzene rings is 1. The highest BCUT2D eigenvalue weighted by atomic mass is 32.1. The summed E-state index contributed by atoms with van der Waals surface area (Å²) >= 11 is 4.99. The molecule has 0 saturated carbocycles. The van der Waals surface area contributed by atoms with Gasteiger partial charge in [0.05, 0.1) is 0 Å². The lowest BCUT2D eigenvalue weighted by Gasteiger charge is -2.06. The van der Waals surface area contributed by atoms with E-state index in [4.69, 9.17) is 12.6 Å². The van der Waals surface area contributed by atoms with Gasteiger partial charge in [-0.05, 0) is 13.8 Å². The Labute approximate surface area is 61.3 Å². The molecule has 0 aliphatic rings. The van der Waals surface area contributed by atoms with Crippen molar-refractivity contribution in [2.45, 2.75) is 18.7 Å². The van der Waals surface area contributed by atoms with Gasteiger partial charge in [-0.25, -0.2) is 0 Å². The van der Waals surface area contributed by atoms with Crippen LogP contribution in [0.3, 0.4) is 0 Å². The van der Waals surface area contributed by atoms with Crippen molar-refractivity contribution in [3.63, 3.8) is 0 Å². The minimum Gasteiger partial charge on any atom is -0.780 e. The van der Waals surface area contributed by atoms with Gasteiger partial charge in [-0.2, -0.15) is 4.90 Å². The van der Waals surface area contributed by atoms with Gasteiger partial charge < -0.3 is 12.6 Å². The van der Waals surface area contributed by atoms with E-state index in [9.17, 15) is 0 Å². The summed E-state index contributed by atoms with van der Waals surface area (Å²) in [6.45, 7) is 4.12. The highest BCUT2D eigenvalue weighted by molar-refractivity contribution is 7.58. The molecule has 1 rings (SSSR count). The van der Waals surface area contributed by atoms with Crippen LogP contribution in [0.25, 0.3) is 0 Å². The second-order valence-electron chi connectivity index (χ2n) is 2.32. The van der Waals surface area contributed by atoms with Gasteiger partial charge in [0.1, 0.15) is 0 Å². The SMILES string of the molecule is Cc1cc(C)cc([S-])c1. The fourth-order valence-electron chi connectivity index (χ4n) is 0.933. The molecular formula is C8H9S-. The van der Waals surface area contributed by atoms with Crippen LogP contribution in [0, 0.1) is 13.8 Å². The van der Waals surface area contributed by atoms with E-state index in [2.05, 4.69) is 19.9 Å². The number of hydrogen-bond donors (Lipinski definition) is 0. The summed E-state index contributed by atoms with van der Waals surface area (Å²) in [7, 11) is 0. The monoisotopic (exact) mass is 137 g/mol. The Morgan fingerprint density at radius 2 is 1.44 bits per heavy atom. The van der Waals surface area contributed by atoms with Gasteiger partial charge >= 0.3 is 0 Å². The largest absolute Gasteiger partial charge is 0.780 e. The van der Waals surface area contributed by atoms with Gasteiger partial charge in [0, 0.05) is 0 Å². The van der Waals surface area contributed by atoms with Crippen molar-refractivity contribution < 1.29 is 0 Å². The number of rotatable bonds is 0. The van der Waals surface area contributed by atoms with Crippen molar-refractivity contribution >= 4 is 12.6 Å². The zero-order valence-corrected chi connectivity index (χ0v) is 6.46. The van der Waals surface area contributed by atoms with Crippen LogP contribution >= 0.6 is 0 Å².